The van der Waals surface area contributed by atoms with Crippen LogP contribution in [0.15, 0.2) is 42.5 Å². The van der Waals surface area contributed by atoms with E-state index >= 15 is 0 Å². The first-order chi connectivity index (χ1) is 20.6. The van der Waals surface area contributed by atoms with Crippen molar-refractivity contribution in [2.24, 2.45) is 0 Å². The zero-order valence-electron chi connectivity index (χ0n) is 22.4. The number of alkyl halides is 3. The minimum absolute atomic E-state index is 0.0602. The molecule has 0 bridgehead atoms. The molecule has 5 rings (SSSR count). The van der Waals surface area contributed by atoms with Crippen molar-refractivity contribution in [2.45, 2.75) is 56.7 Å². The number of hydrogen-bond donors (Lipinski definition) is 2. The predicted molar refractivity (Wildman–Crippen MR) is 154 cm³/mol. The fourth-order valence-electron chi connectivity index (χ4n) is 4.73. The third kappa shape index (κ3) is 8.55. The number of hydrogen-bond acceptors (Lipinski definition) is 10. The fourth-order valence-corrected chi connectivity index (χ4v) is 6.54. The summed E-state index contributed by atoms with van der Waals surface area (Å²) in [5.74, 6) is 1.59. The summed E-state index contributed by atoms with van der Waals surface area (Å²) in [7, 11) is 0. The number of rotatable bonds is 9. The number of nitrogens with zero attached hydrogens (tertiary/aromatic N) is 5. The molecule has 2 N–H and O–H groups in total. The van der Waals surface area contributed by atoms with E-state index in [9.17, 15) is 22.8 Å². The van der Waals surface area contributed by atoms with E-state index in [0.717, 1.165) is 35.7 Å². The van der Waals surface area contributed by atoms with Gasteiger partial charge in [-0.05, 0) is 49.1 Å². The van der Waals surface area contributed by atoms with Crippen LogP contribution in [-0.4, -0.2) is 43.6 Å². The highest BCUT2D eigenvalue weighted by Gasteiger charge is 2.31. The van der Waals surface area contributed by atoms with Gasteiger partial charge in [-0.3, -0.25) is 9.59 Å². The van der Waals surface area contributed by atoms with Gasteiger partial charge >= 0.3 is 6.36 Å². The monoisotopic (exact) mass is 627 g/mol. The Morgan fingerprint density at radius 1 is 0.930 bits per heavy atom. The largest absolute Gasteiger partial charge is 0.573 e. The first kappa shape index (κ1) is 30.1. The summed E-state index contributed by atoms with van der Waals surface area (Å²) in [6.07, 6.45) is 3.98. The number of aromatic nitrogens is 5. The van der Waals surface area contributed by atoms with Crippen molar-refractivity contribution < 1.29 is 27.5 Å². The highest BCUT2D eigenvalue weighted by atomic mass is 32.1. The predicted octanol–water partition coefficient (Wildman–Crippen LogP) is 5.47. The quantitative estimate of drug-likeness (QED) is 0.234. The van der Waals surface area contributed by atoms with Crippen molar-refractivity contribution in [1.29, 1.82) is 0 Å². The van der Waals surface area contributed by atoms with Gasteiger partial charge in [0, 0.05) is 11.8 Å². The molecular formula is C28H24F3N7O3S2. The molecule has 1 aliphatic rings. The van der Waals surface area contributed by atoms with Crippen molar-refractivity contribution >= 4 is 44.8 Å². The van der Waals surface area contributed by atoms with Crippen LogP contribution < -0.4 is 15.4 Å². The molecule has 0 saturated heterocycles. The van der Waals surface area contributed by atoms with Crippen LogP contribution in [0.3, 0.4) is 0 Å². The molecule has 3 aromatic heterocycles. The average Bonchev–Trinajstić information content (AvgIpc) is 3.62. The van der Waals surface area contributed by atoms with E-state index in [4.69, 9.17) is 6.42 Å². The smallest absolute Gasteiger partial charge is 0.406 e. The molecule has 0 unspecified atom stereocenters. The molecule has 0 radical (unpaired) electrons. The highest BCUT2D eigenvalue weighted by molar-refractivity contribution is 7.15. The molecule has 1 aromatic carbocycles. The Hall–Kier alpha value is -4.42. The summed E-state index contributed by atoms with van der Waals surface area (Å²) in [6.45, 7) is 0. The van der Waals surface area contributed by atoms with Gasteiger partial charge in [-0.1, -0.05) is 53.2 Å². The fraction of sp³-hybridized carbons (Fsp3) is 0.321. The van der Waals surface area contributed by atoms with E-state index in [0.29, 0.717) is 27.2 Å². The number of terminal acetylenes is 1. The second-order valence-electron chi connectivity index (χ2n) is 9.75. The van der Waals surface area contributed by atoms with Gasteiger partial charge in [-0.15, -0.1) is 40.0 Å². The lowest BCUT2D eigenvalue weighted by atomic mass is 9.82. The van der Waals surface area contributed by atoms with Crippen LogP contribution in [0.2, 0.25) is 0 Å². The molecule has 3 heterocycles. The Balaban J connectivity index is 1.14. The zero-order valence-corrected chi connectivity index (χ0v) is 24.1. The summed E-state index contributed by atoms with van der Waals surface area (Å²) in [4.78, 5) is 29.3. The second kappa shape index (κ2) is 13.3. The van der Waals surface area contributed by atoms with Crippen LogP contribution in [0.25, 0.3) is 0 Å². The lowest BCUT2D eigenvalue weighted by Gasteiger charge is -2.25. The first-order valence-electron chi connectivity index (χ1n) is 13.2. The summed E-state index contributed by atoms with van der Waals surface area (Å²) in [5.41, 5.74) is 1.39. The Labute approximate surface area is 252 Å². The maximum atomic E-state index is 12.5. The molecule has 15 heteroatoms. The summed E-state index contributed by atoms with van der Waals surface area (Å²) in [6, 6.07) is 10.4. The maximum absolute atomic E-state index is 12.5. The lowest BCUT2D eigenvalue weighted by Crippen LogP contribution is -2.17. The van der Waals surface area contributed by atoms with Crippen LogP contribution in [0.1, 0.15) is 64.5 Å². The van der Waals surface area contributed by atoms with Gasteiger partial charge in [0.25, 0.3) is 0 Å². The average molecular weight is 628 g/mol. The Morgan fingerprint density at radius 2 is 1.56 bits per heavy atom. The number of amides is 2. The van der Waals surface area contributed by atoms with Gasteiger partial charge < -0.3 is 15.4 Å². The van der Waals surface area contributed by atoms with Crippen LogP contribution >= 0.6 is 22.7 Å². The molecule has 10 nitrogen and oxygen atoms in total. The Bertz CT molecular complexity index is 1650. The summed E-state index contributed by atoms with van der Waals surface area (Å²) >= 11 is 2.60. The highest BCUT2D eigenvalue weighted by Crippen LogP contribution is 2.43. The van der Waals surface area contributed by atoms with E-state index in [-0.39, 0.29) is 30.6 Å². The maximum Gasteiger partial charge on any atom is 0.573 e. The number of carbonyl (C=O) groups is 2. The third-order valence-corrected chi connectivity index (χ3v) is 8.54. The number of nitrogens with one attached hydrogen (secondary N) is 2. The first-order valence-corrected chi connectivity index (χ1v) is 14.8. The molecule has 1 saturated carbocycles. The van der Waals surface area contributed by atoms with Gasteiger partial charge in [0.15, 0.2) is 0 Å². The molecule has 0 spiro atoms. The molecule has 222 valence electrons. The molecular weight excluding hydrogens is 603 g/mol. The summed E-state index contributed by atoms with van der Waals surface area (Å²) in [5, 5.41) is 24.6. The van der Waals surface area contributed by atoms with E-state index in [1.54, 1.807) is 18.2 Å². The Kier molecular flexibility index (Phi) is 9.27. The van der Waals surface area contributed by atoms with Gasteiger partial charge in [-0.2, -0.15) is 0 Å². The zero-order chi connectivity index (χ0) is 30.4. The van der Waals surface area contributed by atoms with Crippen LogP contribution in [-0.2, 0) is 22.4 Å². The number of carbonyl (C=O) groups excluding carboxylic acids is 2. The van der Waals surface area contributed by atoms with Crippen molar-refractivity contribution in [3.05, 3.63) is 69.4 Å². The van der Waals surface area contributed by atoms with Gasteiger partial charge in [0.05, 0.1) is 18.5 Å². The van der Waals surface area contributed by atoms with E-state index in [2.05, 4.69) is 46.7 Å². The van der Waals surface area contributed by atoms with E-state index < -0.39 is 18.0 Å². The molecule has 2 atom stereocenters. The molecule has 2 amide bonds. The van der Waals surface area contributed by atoms with Gasteiger partial charge in [0.2, 0.25) is 22.1 Å². The SMILES string of the molecule is C#Cc1cccc(CC(=O)Nc2nnc([C@H]3CCC[C@H](c4nnc(NC(=O)Cc5cccc(OC(F)(F)F)c5)s4)C3)s2)n1. The normalized spacial score (nSPS) is 16.7. The topological polar surface area (TPSA) is 132 Å². The van der Waals surface area contributed by atoms with Gasteiger partial charge in [-0.25, -0.2) is 4.98 Å². The molecule has 43 heavy (non-hydrogen) atoms. The number of benzene rings is 1. The van der Waals surface area contributed by atoms with Crippen molar-refractivity contribution in [3.63, 3.8) is 0 Å². The van der Waals surface area contributed by atoms with E-state index in [1.807, 2.05) is 0 Å². The molecule has 0 aliphatic heterocycles. The second-order valence-corrected chi connectivity index (χ2v) is 11.8. The van der Waals surface area contributed by atoms with Crippen LogP contribution in [0, 0.1) is 12.3 Å². The van der Waals surface area contributed by atoms with Crippen LogP contribution in [0.4, 0.5) is 23.4 Å². The van der Waals surface area contributed by atoms with Gasteiger partial charge in [0.1, 0.15) is 21.5 Å². The van der Waals surface area contributed by atoms with Crippen LogP contribution in [0.5, 0.6) is 5.75 Å². The minimum atomic E-state index is -4.81. The summed E-state index contributed by atoms with van der Waals surface area (Å²) < 4.78 is 41.4. The number of halogens is 3. The van der Waals surface area contributed by atoms with Crippen molar-refractivity contribution in [3.8, 4) is 18.1 Å². The molecule has 4 aromatic rings. The van der Waals surface area contributed by atoms with E-state index in [1.165, 1.54) is 46.9 Å². The standard InChI is InChI=1S/C28H24F3N7O3S2/c1-2-19-9-5-10-20(32-19)15-23(40)34-27-38-36-25(43-27)18-8-4-7-17(14-18)24-35-37-26(42-24)33-22(39)13-16-6-3-11-21(12-16)41-28(29,30)31/h1,3,5-6,9-12,17-18H,4,7-8,13-15H2,(H,33,37,39)(H,34,38,40)/t17-,18-/m0/s1. The number of ether oxygens (including phenoxy) is 1. The number of anilines is 2. The number of pyridine rings is 1. The molecule has 1 aliphatic carbocycles. The van der Waals surface area contributed by atoms with Crippen molar-refractivity contribution in [1.82, 2.24) is 25.4 Å². The lowest BCUT2D eigenvalue weighted by molar-refractivity contribution is -0.274. The van der Waals surface area contributed by atoms with Crippen molar-refractivity contribution in [2.75, 3.05) is 10.6 Å². The minimum Gasteiger partial charge on any atom is -0.406 e. The molecule has 1 fully saturated rings. The Morgan fingerprint density at radius 3 is 2.19 bits per heavy atom. The third-order valence-electron chi connectivity index (χ3n) is 6.54.